The number of primary amides is 2. The van der Waals surface area contributed by atoms with Crippen molar-refractivity contribution in [1.82, 2.24) is 9.97 Å². The summed E-state index contributed by atoms with van der Waals surface area (Å²) in [6.07, 6.45) is 0. The number of hydrogen-bond donors (Lipinski definition) is 2. The molecule has 1 rings (SSSR count). The Balaban J connectivity index is 3.02. The molecule has 7 nitrogen and oxygen atoms in total. The lowest BCUT2D eigenvalue weighted by Gasteiger charge is -2.20. The molecule has 8 heteroatoms. The zero-order chi connectivity index (χ0) is 13.0. The molecule has 0 aliphatic heterocycles. The van der Waals surface area contributed by atoms with Crippen molar-refractivity contribution >= 4 is 29.2 Å². The van der Waals surface area contributed by atoms with Crippen molar-refractivity contribution in [3.8, 4) is 0 Å². The number of rotatable bonds is 5. The van der Waals surface area contributed by atoms with Gasteiger partial charge in [0.2, 0.25) is 11.8 Å². The summed E-state index contributed by atoms with van der Waals surface area (Å²) in [7, 11) is 0. The molecule has 0 radical (unpaired) electrons. The third-order valence-electron chi connectivity index (χ3n) is 1.81. The van der Waals surface area contributed by atoms with E-state index in [2.05, 4.69) is 9.97 Å². The zero-order valence-corrected chi connectivity index (χ0v) is 9.94. The molecule has 0 bridgehead atoms. The van der Waals surface area contributed by atoms with Gasteiger partial charge in [0.05, 0.1) is 13.1 Å². The fourth-order valence-electron chi connectivity index (χ4n) is 1.27. The molecule has 0 saturated carbocycles. The standard InChI is InChI=1S/C9H12ClN5O2/c1-5-13-6(10)2-9(14-5)15(3-7(11)16)4-8(12)17/h2H,3-4H2,1H3,(H2,11,16)(H2,12,17). The van der Waals surface area contributed by atoms with Crippen LogP contribution in [0.15, 0.2) is 6.07 Å². The van der Waals surface area contributed by atoms with Crippen LogP contribution in [-0.4, -0.2) is 34.9 Å². The summed E-state index contributed by atoms with van der Waals surface area (Å²) in [5.74, 6) is -0.441. The molecule has 0 aliphatic rings. The number of carbonyl (C=O) groups excluding carboxylic acids is 2. The molecule has 0 saturated heterocycles. The minimum atomic E-state index is -0.598. The van der Waals surface area contributed by atoms with E-state index >= 15 is 0 Å². The van der Waals surface area contributed by atoms with Crippen molar-refractivity contribution in [2.75, 3.05) is 18.0 Å². The highest BCUT2D eigenvalue weighted by atomic mass is 35.5. The molecule has 1 aromatic heterocycles. The van der Waals surface area contributed by atoms with Crippen molar-refractivity contribution in [3.63, 3.8) is 0 Å². The quantitative estimate of drug-likeness (QED) is 0.671. The summed E-state index contributed by atoms with van der Waals surface area (Å²) in [6, 6.07) is 1.43. The Morgan fingerprint density at radius 3 is 2.24 bits per heavy atom. The van der Waals surface area contributed by atoms with Crippen molar-refractivity contribution in [3.05, 3.63) is 17.0 Å². The zero-order valence-electron chi connectivity index (χ0n) is 9.18. The molecular formula is C9H12ClN5O2. The van der Waals surface area contributed by atoms with Gasteiger partial charge in [0.25, 0.3) is 0 Å². The highest BCUT2D eigenvalue weighted by Gasteiger charge is 2.14. The van der Waals surface area contributed by atoms with Gasteiger partial charge < -0.3 is 16.4 Å². The van der Waals surface area contributed by atoms with E-state index in [4.69, 9.17) is 23.1 Å². The number of nitrogens with two attached hydrogens (primary N) is 2. The van der Waals surface area contributed by atoms with Gasteiger partial charge in [-0.25, -0.2) is 9.97 Å². The lowest BCUT2D eigenvalue weighted by Crippen LogP contribution is -2.40. The molecule has 92 valence electrons. The highest BCUT2D eigenvalue weighted by Crippen LogP contribution is 2.15. The highest BCUT2D eigenvalue weighted by molar-refractivity contribution is 6.29. The maximum absolute atomic E-state index is 10.9. The second-order valence-electron chi connectivity index (χ2n) is 3.38. The number of carbonyl (C=O) groups is 2. The van der Waals surface area contributed by atoms with E-state index in [0.717, 1.165) is 0 Å². The smallest absolute Gasteiger partial charge is 0.237 e. The van der Waals surface area contributed by atoms with Gasteiger partial charge in [-0.3, -0.25) is 9.59 Å². The minimum absolute atomic E-state index is 0.171. The van der Waals surface area contributed by atoms with Crippen LogP contribution in [0.25, 0.3) is 0 Å². The number of halogens is 1. The van der Waals surface area contributed by atoms with Crippen molar-refractivity contribution in [2.45, 2.75) is 6.92 Å². The first-order chi connectivity index (χ1) is 7.88. The Kier molecular flexibility index (Phi) is 4.22. The molecule has 0 atom stereocenters. The normalized spacial score (nSPS) is 10.0. The van der Waals surface area contributed by atoms with Crippen molar-refractivity contribution in [1.29, 1.82) is 0 Å². The van der Waals surface area contributed by atoms with Gasteiger partial charge >= 0.3 is 0 Å². The maximum Gasteiger partial charge on any atom is 0.237 e. The summed E-state index contributed by atoms with van der Waals surface area (Å²) in [5.41, 5.74) is 10.1. The molecule has 1 heterocycles. The third-order valence-corrected chi connectivity index (χ3v) is 2.00. The van der Waals surface area contributed by atoms with Crippen LogP contribution in [-0.2, 0) is 9.59 Å². The van der Waals surface area contributed by atoms with Crippen LogP contribution in [0.5, 0.6) is 0 Å². The predicted octanol–water partition coefficient (Wildman–Crippen LogP) is -0.785. The van der Waals surface area contributed by atoms with E-state index < -0.39 is 11.8 Å². The van der Waals surface area contributed by atoms with Gasteiger partial charge in [-0.15, -0.1) is 0 Å². The molecule has 0 unspecified atom stereocenters. The Bertz CT molecular complexity index is 415. The Labute approximate surface area is 103 Å². The molecule has 2 amide bonds. The van der Waals surface area contributed by atoms with E-state index in [1.165, 1.54) is 11.0 Å². The number of hydrogen-bond acceptors (Lipinski definition) is 5. The van der Waals surface area contributed by atoms with Crippen LogP contribution in [0.4, 0.5) is 5.82 Å². The Hall–Kier alpha value is -1.89. The number of aromatic nitrogens is 2. The molecule has 0 aliphatic carbocycles. The van der Waals surface area contributed by atoms with Gasteiger partial charge in [-0.1, -0.05) is 11.6 Å². The van der Waals surface area contributed by atoms with Crippen LogP contribution in [0.1, 0.15) is 5.82 Å². The van der Waals surface area contributed by atoms with Crippen LogP contribution in [0.3, 0.4) is 0 Å². The first-order valence-corrected chi connectivity index (χ1v) is 5.09. The number of anilines is 1. The van der Waals surface area contributed by atoms with E-state index in [9.17, 15) is 9.59 Å². The third kappa shape index (κ3) is 4.23. The predicted molar refractivity (Wildman–Crippen MR) is 62.4 cm³/mol. The summed E-state index contributed by atoms with van der Waals surface area (Å²) < 4.78 is 0. The van der Waals surface area contributed by atoms with E-state index in [-0.39, 0.29) is 18.2 Å². The number of aryl methyl sites for hydroxylation is 1. The average Bonchev–Trinajstić information content (AvgIpc) is 2.13. The summed E-state index contributed by atoms with van der Waals surface area (Å²) in [6.45, 7) is 1.30. The molecule has 17 heavy (non-hydrogen) atoms. The lowest BCUT2D eigenvalue weighted by atomic mass is 10.4. The fourth-order valence-corrected chi connectivity index (χ4v) is 1.49. The number of nitrogens with zero attached hydrogens (tertiary/aromatic N) is 3. The summed E-state index contributed by atoms with van der Waals surface area (Å²) in [5, 5.41) is 0.214. The topological polar surface area (TPSA) is 115 Å². The molecular weight excluding hydrogens is 246 g/mol. The van der Waals surface area contributed by atoms with E-state index in [1.807, 2.05) is 0 Å². The maximum atomic E-state index is 10.9. The second-order valence-corrected chi connectivity index (χ2v) is 3.77. The molecule has 0 fully saturated rings. The van der Waals surface area contributed by atoms with Gasteiger partial charge in [-0.2, -0.15) is 0 Å². The largest absolute Gasteiger partial charge is 0.368 e. The van der Waals surface area contributed by atoms with Gasteiger partial charge in [-0.05, 0) is 6.92 Å². The number of amides is 2. The van der Waals surface area contributed by atoms with Crippen LogP contribution >= 0.6 is 11.6 Å². The average molecular weight is 258 g/mol. The van der Waals surface area contributed by atoms with Crippen LogP contribution in [0.2, 0.25) is 5.15 Å². The first-order valence-electron chi connectivity index (χ1n) is 4.71. The van der Waals surface area contributed by atoms with Crippen molar-refractivity contribution < 1.29 is 9.59 Å². The minimum Gasteiger partial charge on any atom is -0.368 e. The fraction of sp³-hybridized carbons (Fsp3) is 0.333. The van der Waals surface area contributed by atoms with Crippen LogP contribution in [0, 0.1) is 6.92 Å². The van der Waals surface area contributed by atoms with E-state index in [0.29, 0.717) is 11.6 Å². The molecule has 0 spiro atoms. The van der Waals surface area contributed by atoms with Gasteiger partial charge in [0.15, 0.2) is 0 Å². The SMILES string of the molecule is Cc1nc(Cl)cc(N(CC(N)=O)CC(N)=O)n1. The Morgan fingerprint density at radius 1 is 1.29 bits per heavy atom. The molecule has 1 aromatic rings. The Morgan fingerprint density at radius 2 is 1.82 bits per heavy atom. The summed E-state index contributed by atoms with van der Waals surface area (Å²) in [4.78, 5) is 31.0. The lowest BCUT2D eigenvalue weighted by molar-refractivity contribution is -0.117. The summed E-state index contributed by atoms with van der Waals surface area (Å²) >= 11 is 5.76. The van der Waals surface area contributed by atoms with Gasteiger partial charge in [0, 0.05) is 6.07 Å². The second kappa shape index (κ2) is 5.44. The first kappa shape index (κ1) is 13.2. The molecule has 4 N–H and O–H groups in total. The van der Waals surface area contributed by atoms with Crippen molar-refractivity contribution in [2.24, 2.45) is 11.5 Å². The van der Waals surface area contributed by atoms with Gasteiger partial charge in [0.1, 0.15) is 16.8 Å². The van der Waals surface area contributed by atoms with E-state index in [1.54, 1.807) is 6.92 Å². The van der Waals surface area contributed by atoms with Crippen LogP contribution < -0.4 is 16.4 Å². The molecule has 0 aromatic carbocycles. The monoisotopic (exact) mass is 257 g/mol.